The van der Waals surface area contributed by atoms with Crippen LogP contribution in [0.15, 0.2) is 35.4 Å². The zero-order chi connectivity index (χ0) is 19.1. The van der Waals surface area contributed by atoms with Crippen LogP contribution in [0.4, 0.5) is 4.79 Å². The van der Waals surface area contributed by atoms with Gasteiger partial charge in [-0.25, -0.2) is 9.78 Å². The minimum atomic E-state index is -0.790. The van der Waals surface area contributed by atoms with Gasteiger partial charge in [0.05, 0.1) is 17.2 Å². The molecule has 138 valence electrons. The number of esters is 1. The molecule has 2 aromatic rings. The number of hydrogen-bond donors (Lipinski definition) is 2. The molecule has 2 rings (SSSR count). The van der Waals surface area contributed by atoms with Crippen molar-refractivity contribution in [1.82, 2.24) is 20.2 Å². The second-order valence-corrected chi connectivity index (χ2v) is 5.69. The van der Waals surface area contributed by atoms with Crippen molar-refractivity contribution >= 4 is 28.8 Å². The van der Waals surface area contributed by atoms with Crippen LogP contribution >= 0.6 is 0 Å². The molecule has 0 fully saturated rings. The number of para-hydroxylation sites is 1. The number of fused-ring (bicyclic) bond motifs is 1. The lowest BCUT2D eigenvalue weighted by atomic mass is 10.2. The van der Waals surface area contributed by atoms with Gasteiger partial charge in [-0.3, -0.25) is 24.3 Å². The third-order valence-electron chi connectivity index (χ3n) is 3.64. The van der Waals surface area contributed by atoms with E-state index in [1.165, 1.54) is 6.33 Å². The smallest absolute Gasteiger partial charge is 0.326 e. The van der Waals surface area contributed by atoms with Crippen molar-refractivity contribution in [1.29, 1.82) is 0 Å². The summed E-state index contributed by atoms with van der Waals surface area (Å²) in [6.45, 7) is 2.67. The van der Waals surface area contributed by atoms with Crippen LogP contribution in [0.1, 0.15) is 20.3 Å². The minimum Gasteiger partial charge on any atom is -0.454 e. The molecule has 1 aromatic heterocycles. The van der Waals surface area contributed by atoms with E-state index in [9.17, 15) is 19.2 Å². The maximum absolute atomic E-state index is 12.3. The Morgan fingerprint density at radius 2 is 2.00 bits per heavy atom. The van der Waals surface area contributed by atoms with E-state index in [-0.39, 0.29) is 18.1 Å². The lowest BCUT2D eigenvalue weighted by Crippen LogP contribution is -2.44. The van der Waals surface area contributed by atoms with Crippen molar-refractivity contribution in [3.63, 3.8) is 0 Å². The molecule has 1 aromatic carbocycles. The fourth-order valence-electron chi connectivity index (χ4n) is 2.07. The van der Waals surface area contributed by atoms with Gasteiger partial charge in [0.15, 0.2) is 6.61 Å². The van der Waals surface area contributed by atoms with Crippen molar-refractivity contribution in [3.8, 4) is 0 Å². The topological polar surface area (TPSA) is 119 Å². The summed E-state index contributed by atoms with van der Waals surface area (Å²) in [5.74, 6) is -1.55. The van der Waals surface area contributed by atoms with E-state index in [4.69, 9.17) is 4.74 Å². The standard InChI is InChI=1S/C17H20N4O5/c1-3-11(2)19-17(25)20-14(22)9-26-15(23)8-21-10-18-13-7-5-4-6-12(13)16(21)24/h4-7,10-11H,3,8-9H2,1-2H3,(H2,19,20,22,25)/t11-/m1/s1. The summed E-state index contributed by atoms with van der Waals surface area (Å²) in [6.07, 6.45) is 1.96. The highest BCUT2D eigenvalue weighted by Gasteiger charge is 2.13. The first-order valence-corrected chi connectivity index (χ1v) is 8.10. The average molecular weight is 360 g/mol. The highest BCUT2D eigenvalue weighted by molar-refractivity contribution is 5.95. The van der Waals surface area contributed by atoms with Gasteiger partial charge in [0.25, 0.3) is 11.5 Å². The van der Waals surface area contributed by atoms with Crippen LogP contribution in [0.25, 0.3) is 10.9 Å². The van der Waals surface area contributed by atoms with Crippen molar-refractivity contribution in [2.24, 2.45) is 0 Å². The summed E-state index contributed by atoms with van der Waals surface area (Å²) in [7, 11) is 0. The number of carbonyl (C=O) groups excluding carboxylic acids is 3. The Morgan fingerprint density at radius 3 is 2.73 bits per heavy atom. The van der Waals surface area contributed by atoms with Gasteiger partial charge in [0.2, 0.25) is 0 Å². The SMILES string of the molecule is CC[C@@H](C)NC(=O)NC(=O)COC(=O)Cn1cnc2ccccc2c1=O. The van der Waals surface area contributed by atoms with Gasteiger partial charge < -0.3 is 10.1 Å². The van der Waals surface area contributed by atoms with Crippen molar-refractivity contribution < 1.29 is 19.1 Å². The maximum Gasteiger partial charge on any atom is 0.326 e. The van der Waals surface area contributed by atoms with Gasteiger partial charge in [0, 0.05) is 6.04 Å². The molecule has 1 heterocycles. The number of nitrogens with zero attached hydrogens (tertiary/aromatic N) is 2. The van der Waals surface area contributed by atoms with Gasteiger partial charge in [0.1, 0.15) is 6.54 Å². The Bertz CT molecular complexity index is 877. The van der Waals surface area contributed by atoms with E-state index < -0.39 is 24.5 Å². The molecule has 0 aliphatic heterocycles. The van der Waals surface area contributed by atoms with E-state index in [1.807, 2.05) is 6.92 Å². The third kappa shape index (κ3) is 5.13. The number of imide groups is 1. The molecule has 2 N–H and O–H groups in total. The third-order valence-corrected chi connectivity index (χ3v) is 3.64. The molecule has 0 spiro atoms. The molecule has 3 amide bonds. The Balaban J connectivity index is 1.87. The number of benzene rings is 1. The number of aromatic nitrogens is 2. The summed E-state index contributed by atoms with van der Waals surface area (Å²) < 4.78 is 5.88. The molecule has 1 atom stereocenters. The van der Waals surface area contributed by atoms with E-state index in [1.54, 1.807) is 31.2 Å². The van der Waals surface area contributed by atoms with Crippen LogP contribution in [-0.2, 0) is 20.9 Å². The Hall–Kier alpha value is -3.23. The van der Waals surface area contributed by atoms with Gasteiger partial charge in [-0.1, -0.05) is 19.1 Å². The first-order chi connectivity index (χ1) is 12.4. The van der Waals surface area contributed by atoms with Crippen molar-refractivity contribution in [2.45, 2.75) is 32.9 Å². The number of amides is 3. The fourth-order valence-corrected chi connectivity index (χ4v) is 2.07. The zero-order valence-electron chi connectivity index (χ0n) is 14.5. The number of hydrogen-bond acceptors (Lipinski definition) is 6. The van der Waals surface area contributed by atoms with E-state index in [0.29, 0.717) is 17.3 Å². The van der Waals surface area contributed by atoms with Crippen LogP contribution in [0.5, 0.6) is 0 Å². The van der Waals surface area contributed by atoms with Crippen LogP contribution < -0.4 is 16.2 Å². The fraction of sp³-hybridized carbons (Fsp3) is 0.353. The molecule has 0 radical (unpaired) electrons. The highest BCUT2D eigenvalue weighted by atomic mass is 16.5. The molecule has 0 saturated carbocycles. The normalized spacial score (nSPS) is 11.6. The van der Waals surface area contributed by atoms with Gasteiger partial charge in [-0.05, 0) is 25.5 Å². The largest absolute Gasteiger partial charge is 0.454 e. The maximum atomic E-state index is 12.3. The number of urea groups is 1. The highest BCUT2D eigenvalue weighted by Crippen LogP contribution is 2.04. The molecule has 0 saturated heterocycles. The minimum absolute atomic E-state index is 0.0855. The van der Waals surface area contributed by atoms with Crippen molar-refractivity contribution in [2.75, 3.05) is 6.61 Å². The van der Waals surface area contributed by atoms with Crippen molar-refractivity contribution in [3.05, 3.63) is 40.9 Å². The Labute approximate surface area is 149 Å². The Kier molecular flexibility index (Phi) is 6.42. The molecular formula is C17H20N4O5. The predicted octanol–water partition coefficient (Wildman–Crippen LogP) is 0.564. The number of ether oxygens (including phenoxy) is 1. The second kappa shape index (κ2) is 8.75. The molecule has 9 nitrogen and oxygen atoms in total. The zero-order valence-corrected chi connectivity index (χ0v) is 14.5. The number of rotatable bonds is 6. The van der Waals surface area contributed by atoms with E-state index in [2.05, 4.69) is 15.6 Å². The summed E-state index contributed by atoms with van der Waals surface area (Å²) in [5.41, 5.74) is 0.138. The lowest BCUT2D eigenvalue weighted by molar-refractivity contribution is -0.148. The van der Waals surface area contributed by atoms with Crippen LogP contribution in [0.3, 0.4) is 0 Å². The van der Waals surface area contributed by atoms with E-state index >= 15 is 0 Å². The van der Waals surface area contributed by atoms with Crippen LogP contribution in [0.2, 0.25) is 0 Å². The summed E-state index contributed by atoms with van der Waals surface area (Å²) >= 11 is 0. The van der Waals surface area contributed by atoms with Crippen LogP contribution in [0, 0.1) is 0 Å². The van der Waals surface area contributed by atoms with Gasteiger partial charge in [-0.2, -0.15) is 0 Å². The molecule has 9 heteroatoms. The quantitative estimate of drug-likeness (QED) is 0.727. The number of carbonyl (C=O) groups is 3. The summed E-state index contributed by atoms with van der Waals surface area (Å²) in [6, 6.07) is 6.00. The van der Waals surface area contributed by atoms with E-state index in [0.717, 1.165) is 4.57 Å². The molecule has 0 aliphatic carbocycles. The molecular weight excluding hydrogens is 340 g/mol. The lowest BCUT2D eigenvalue weighted by Gasteiger charge is -2.12. The monoisotopic (exact) mass is 360 g/mol. The predicted molar refractivity (Wildman–Crippen MR) is 93.4 cm³/mol. The molecule has 0 aliphatic rings. The van der Waals surface area contributed by atoms with Gasteiger partial charge >= 0.3 is 12.0 Å². The number of nitrogens with one attached hydrogen (secondary N) is 2. The van der Waals surface area contributed by atoms with Crippen LogP contribution in [-0.4, -0.2) is 40.1 Å². The second-order valence-electron chi connectivity index (χ2n) is 5.69. The molecule has 0 bridgehead atoms. The average Bonchev–Trinajstić information content (AvgIpc) is 2.62. The molecule has 0 unspecified atom stereocenters. The van der Waals surface area contributed by atoms with Gasteiger partial charge in [-0.15, -0.1) is 0 Å². The first-order valence-electron chi connectivity index (χ1n) is 8.10. The summed E-state index contributed by atoms with van der Waals surface area (Å²) in [4.78, 5) is 51.3. The summed E-state index contributed by atoms with van der Waals surface area (Å²) in [5, 5.41) is 4.98. The molecule has 26 heavy (non-hydrogen) atoms. The Morgan fingerprint density at radius 1 is 1.27 bits per heavy atom. The first kappa shape index (κ1) is 19.1.